The summed E-state index contributed by atoms with van der Waals surface area (Å²) in [6.45, 7) is 0. The molecule has 1 fully saturated rings. The number of nitro benzene ring substituents is 1. The number of aromatic hydroxyl groups is 1. The number of aldehydes is 1. The van der Waals surface area contributed by atoms with Gasteiger partial charge in [0.1, 0.15) is 24.6 Å². The van der Waals surface area contributed by atoms with Crippen LogP contribution in [0.15, 0.2) is 12.1 Å². The number of phenolic OH excluding ortho intramolecular Hbond substituents is 1. The lowest BCUT2D eigenvalue weighted by Crippen LogP contribution is -2.61. The molecule has 0 aromatic heterocycles. The summed E-state index contributed by atoms with van der Waals surface area (Å²) >= 11 is 0. The first-order valence-electron chi connectivity index (χ1n) is 6.73. The zero-order valence-corrected chi connectivity index (χ0v) is 12.3. The Hall–Kier alpha value is -2.80. The molecule has 5 N–H and O–H groups in total. The van der Waals surface area contributed by atoms with Gasteiger partial charge in [0.25, 0.3) is 0 Å². The van der Waals surface area contributed by atoms with Crippen LogP contribution >= 0.6 is 0 Å². The second-order valence-electron chi connectivity index (χ2n) is 5.11. The van der Waals surface area contributed by atoms with Crippen LogP contribution in [-0.2, 0) is 9.53 Å². The Labute approximate surface area is 138 Å². The smallest absolute Gasteiger partial charge is 0.335 e. The Balaban J connectivity index is 2.37. The summed E-state index contributed by atoms with van der Waals surface area (Å²) in [6, 6.07) is 1.66. The van der Waals surface area contributed by atoms with Crippen molar-refractivity contribution in [3.8, 4) is 11.5 Å². The fourth-order valence-corrected chi connectivity index (χ4v) is 2.19. The van der Waals surface area contributed by atoms with Crippen molar-refractivity contribution in [2.45, 2.75) is 30.7 Å². The van der Waals surface area contributed by atoms with Gasteiger partial charge in [0.15, 0.2) is 11.9 Å². The van der Waals surface area contributed by atoms with Gasteiger partial charge in [-0.15, -0.1) is 0 Å². The second kappa shape index (κ2) is 6.98. The lowest BCUT2D eigenvalue weighted by molar-refractivity contribution is -0.386. The number of carboxylic acid groups (broad SMARTS) is 1. The summed E-state index contributed by atoms with van der Waals surface area (Å²) in [7, 11) is 0. The molecule has 1 aromatic rings. The van der Waals surface area contributed by atoms with Gasteiger partial charge in [-0.1, -0.05) is 0 Å². The number of carbonyl (C=O) groups is 2. The highest BCUT2D eigenvalue weighted by atomic mass is 16.7. The summed E-state index contributed by atoms with van der Waals surface area (Å²) in [4.78, 5) is 31.7. The predicted octanol–water partition coefficient (Wildman–Crippen LogP) is -1.62. The molecule has 0 saturated carbocycles. The highest BCUT2D eigenvalue weighted by molar-refractivity contribution is 5.79. The van der Waals surface area contributed by atoms with Crippen molar-refractivity contribution in [3.05, 3.63) is 27.8 Å². The molecule has 2 rings (SSSR count). The van der Waals surface area contributed by atoms with Gasteiger partial charge in [-0.3, -0.25) is 14.9 Å². The van der Waals surface area contributed by atoms with E-state index in [1.54, 1.807) is 0 Å². The van der Waals surface area contributed by atoms with Gasteiger partial charge < -0.3 is 35.0 Å². The van der Waals surface area contributed by atoms with Gasteiger partial charge in [-0.25, -0.2) is 4.79 Å². The van der Waals surface area contributed by atoms with Crippen molar-refractivity contribution in [3.63, 3.8) is 0 Å². The minimum Gasteiger partial charge on any atom is -0.500 e. The molecule has 0 spiro atoms. The Morgan fingerprint density at radius 1 is 1.24 bits per heavy atom. The van der Waals surface area contributed by atoms with Crippen LogP contribution in [0.4, 0.5) is 5.69 Å². The number of hydrogen-bond donors (Lipinski definition) is 5. The first kappa shape index (κ1) is 18.5. The number of aliphatic carboxylic acids is 1. The summed E-state index contributed by atoms with van der Waals surface area (Å²) in [5, 5.41) is 58.7. The number of aliphatic hydroxyl groups excluding tert-OH is 3. The quantitative estimate of drug-likeness (QED) is 0.230. The topological polar surface area (TPSA) is 197 Å². The fourth-order valence-electron chi connectivity index (χ4n) is 2.19. The van der Waals surface area contributed by atoms with Crippen LogP contribution in [-0.4, -0.2) is 73.4 Å². The first-order chi connectivity index (χ1) is 11.7. The van der Waals surface area contributed by atoms with Gasteiger partial charge in [-0.2, -0.15) is 0 Å². The van der Waals surface area contributed by atoms with Crippen LogP contribution in [0.3, 0.4) is 0 Å². The number of carbonyl (C=O) groups excluding carboxylic acids is 1. The molecule has 12 nitrogen and oxygen atoms in total. The van der Waals surface area contributed by atoms with E-state index in [9.17, 15) is 40.1 Å². The molecule has 0 radical (unpaired) electrons. The van der Waals surface area contributed by atoms with Gasteiger partial charge in [0.2, 0.25) is 12.0 Å². The van der Waals surface area contributed by atoms with Crippen molar-refractivity contribution in [1.82, 2.24) is 0 Å². The zero-order chi connectivity index (χ0) is 18.9. The molecule has 25 heavy (non-hydrogen) atoms. The maximum Gasteiger partial charge on any atom is 0.335 e. The van der Waals surface area contributed by atoms with Crippen molar-refractivity contribution in [2.24, 2.45) is 0 Å². The van der Waals surface area contributed by atoms with E-state index in [4.69, 9.17) is 14.6 Å². The van der Waals surface area contributed by atoms with Crippen molar-refractivity contribution >= 4 is 17.9 Å². The summed E-state index contributed by atoms with van der Waals surface area (Å²) in [5.74, 6) is -3.32. The maximum atomic E-state index is 11.0. The fraction of sp³-hybridized carbons (Fsp3) is 0.385. The predicted molar refractivity (Wildman–Crippen MR) is 75.1 cm³/mol. The van der Waals surface area contributed by atoms with Crippen molar-refractivity contribution in [2.75, 3.05) is 0 Å². The molecule has 1 aliphatic heterocycles. The standard InChI is InChI=1S/C13H13NO11/c15-3-4-1-5(14(22)23)7(16)6(2-4)24-13-10(19)8(17)9(18)11(25-13)12(20)21/h1-3,8-11,13,16-19H,(H,20,21)/t8-,9-,10+,11-,13+/m0/s1. The normalized spacial score (nSPS) is 29.0. The van der Waals surface area contributed by atoms with Crippen molar-refractivity contribution in [1.29, 1.82) is 0 Å². The third kappa shape index (κ3) is 3.51. The van der Waals surface area contributed by atoms with Crippen LogP contribution in [0.1, 0.15) is 10.4 Å². The molecular weight excluding hydrogens is 346 g/mol. The highest BCUT2D eigenvalue weighted by Crippen LogP contribution is 2.38. The molecule has 5 atom stereocenters. The lowest BCUT2D eigenvalue weighted by Gasteiger charge is -2.38. The molecule has 0 amide bonds. The summed E-state index contributed by atoms with van der Waals surface area (Å²) in [5.41, 5.74) is -1.12. The van der Waals surface area contributed by atoms with Crippen LogP contribution in [0.5, 0.6) is 11.5 Å². The van der Waals surface area contributed by atoms with E-state index >= 15 is 0 Å². The lowest BCUT2D eigenvalue weighted by atomic mass is 9.99. The maximum absolute atomic E-state index is 11.0. The van der Waals surface area contributed by atoms with Gasteiger partial charge in [0, 0.05) is 11.6 Å². The molecule has 1 heterocycles. The monoisotopic (exact) mass is 359 g/mol. The number of nitro groups is 1. The largest absolute Gasteiger partial charge is 0.500 e. The van der Waals surface area contributed by atoms with Gasteiger partial charge >= 0.3 is 11.7 Å². The Kier molecular flexibility index (Phi) is 5.18. The Morgan fingerprint density at radius 3 is 2.40 bits per heavy atom. The van der Waals surface area contributed by atoms with E-state index in [1.165, 1.54) is 0 Å². The average Bonchev–Trinajstić information content (AvgIpc) is 2.56. The number of phenols is 1. The molecule has 1 aromatic carbocycles. The molecular formula is C13H13NO11. The van der Waals surface area contributed by atoms with Crippen LogP contribution in [0, 0.1) is 10.1 Å². The molecule has 1 saturated heterocycles. The van der Waals surface area contributed by atoms with E-state index < -0.39 is 58.8 Å². The molecule has 1 aliphatic rings. The average molecular weight is 359 g/mol. The van der Waals surface area contributed by atoms with Crippen LogP contribution < -0.4 is 4.74 Å². The van der Waals surface area contributed by atoms with E-state index in [-0.39, 0.29) is 11.8 Å². The second-order valence-corrected chi connectivity index (χ2v) is 5.11. The third-order valence-corrected chi connectivity index (χ3v) is 3.47. The number of hydrogen-bond acceptors (Lipinski definition) is 10. The number of rotatable bonds is 5. The molecule has 0 unspecified atom stereocenters. The molecule has 0 aliphatic carbocycles. The number of nitrogens with zero attached hydrogens (tertiary/aromatic N) is 1. The Bertz CT molecular complexity index is 705. The highest BCUT2D eigenvalue weighted by Gasteiger charge is 2.48. The first-order valence-corrected chi connectivity index (χ1v) is 6.73. The van der Waals surface area contributed by atoms with Crippen LogP contribution in [0.2, 0.25) is 0 Å². The number of aliphatic hydroxyl groups is 3. The van der Waals surface area contributed by atoms with Gasteiger partial charge in [-0.05, 0) is 6.07 Å². The van der Waals surface area contributed by atoms with Crippen molar-refractivity contribution < 1.29 is 49.5 Å². The minimum atomic E-state index is -1.97. The number of benzene rings is 1. The van der Waals surface area contributed by atoms with Crippen LogP contribution in [0.25, 0.3) is 0 Å². The SMILES string of the molecule is O=Cc1cc(O[C@@H]2O[C@H](C(=O)O)[C@@H](O)[C@H](O)[C@H]2O)c(O)c([N+](=O)[O-])c1. The van der Waals surface area contributed by atoms with E-state index in [0.29, 0.717) is 0 Å². The van der Waals surface area contributed by atoms with E-state index in [0.717, 1.165) is 12.1 Å². The zero-order valence-electron chi connectivity index (χ0n) is 12.3. The summed E-state index contributed by atoms with van der Waals surface area (Å²) in [6.07, 6.45) is -9.50. The minimum absolute atomic E-state index is 0.232. The molecule has 136 valence electrons. The van der Waals surface area contributed by atoms with Gasteiger partial charge in [0.05, 0.1) is 4.92 Å². The summed E-state index contributed by atoms with van der Waals surface area (Å²) < 4.78 is 9.84. The molecule has 12 heteroatoms. The number of ether oxygens (including phenoxy) is 2. The van der Waals surface area contributed by atoms with E-state index in [2.05, 4.69) is 0 Å². The Morgan fingerprint density at radius 2 is 1.88 bits per heavy atom. The van der Waals surface area contributed by atoms with E-state index in [1.807, 2.05) is 0 Å². The number of carboxylic acids is 1. The third-order valence-electron chi connectivity index (χ3n) is 3.47. The molecule has 0 bridgehead atoms.